The van der Waals surface area contributed by atoms with Crippen LogP contribution in [0.4, 0.5) is 23.0 Å². The van der Waals surface area contributed by atoms with Crippen molar-refractivity contribution in [2.24, 2.45) is 0 Å². The van der Waals surface area contributed by atoms with Crippen molar-refractivity contribution in [1.29, 1.82) is 0 Å². The van der Waals surface area contributed by atoms with Gasteiger partial charge in [0.05, 0.1) is 24.0 Å². The van der Waals surface area contributed by atoms with Crippen molar-refractivity contribution in [2.45, 2.75) is 0 Å². The van der Waals surface area contributed by atoms with E-state index in [2.05, 4.69) is 26.1 Å². The van der Waals surface area contributed by atoms with Crippen molar-refractivity contribution < 1.29 is 18.9 Å². The van der Waals surface area contributed by atoms with Gasteiger partial charge in [-0.1, -0.05) is 12.1 Å². The van der Waals surface area contributed by atoms with Gasteiger partial charge in [-0.3, -0.25) is 25.8 Å². The molecule has 0 radical (unpaired) electrons. The van der Waals surface area contributed by atoms with Crippen LogP contribution in [-0.4, -0.2) is 27.9 Å². The fourth-order valence-corrected chi connectivity index (χ4v) is 2.20. The summed E-state index contributed by atoms with van der Waals surface area (Å²) in [5.74, 6) is -0.383. The molecule has 0 atom stereocenters. The van der Waals surface area contributed by atoms with Gasteiger partial charge in [0.25, 0.3) is 0 Å². The lowest BCUT2D eigenvalue weighted by molar-refractivity contribution is -0.383. The number of nitro groups is 1. The zero-order chi connectivity index (χ0) is 19.2. The van der Waals surface area contributed by atoms with Gasteiger partial charge in [0.2, 0.25) is 11.6 Å². The summed E-state index contributed by atoms with van der Waals surface area (Å²) >= 11 is 0. The normalized spacial score (nSPS) is 10.1. The van der Waals surface area contributed by atoms with E-state index >= 15 is 0 Å². The molecule has 2 heterocycles. The van der Waals surface area contributed by atoms with Crippen molar-refractivity contribution in [3.05, 3.63) is 64.9 Å². The first-order valence-corrected chi connectivity index (χ1v) is 7.59. The molecular weight excluding hydrogens is 356 g/mol. The first-order valence-electron chi connectivity index (χ1n) is 7.59. The third-order valence-corrected chi connectivity index (χ3v) is 3.40. The molecule has 1 aromatic carbocycles. The number of nitrogens with one attached hydrogen (secondary N) is 3. The van der Waals surface area contributed by atoms with Crippen LogP contribution >= 0.6 is 0 Å². The van der Waals surface area contributed by atoms with Gasteiger partial charge >= 0.3 is 11.6 Å². The second kappa shape index (κ2) is 7.82. The number of hydrogen-bond acceptors (Lipinski definition) is 9. The number of hydrogen-bond donors (Lipinski definition) is 3. The monoisotopic (exact) mass is 370 g/mol. The minimum Gasteiger partial charge on any atom is -0.495 e. The van der Waals surface area contributed by atoms with Crippen molar-refractivity contribution in [2.75, 3.05) is 17.9 Å². The number of carbonyl (C=O) groups is 1. The van der Waals surface area contributed by atoms with E-state index in [4.69, 9.17) is 9.15 Å². The number of carbonyl (C=O) groups excluding carboxylic acids is 1. The number of amides is 1. The molecule has 0 saturated carbocycles. The van der Waals surface area contributed by atoms with Gasteiger partial charge in [0.15, 0.2) is 5.76 Å². The van der Waals surface area contributed by atoms with Gasteiger partial charge in [0, 0.05) is 0 Å². The largest absolute Gasteiger partial charge is 0.495 e. The molecule has 0 bridgehead atoms. The molecule has 1 amide bonds. The maximum Gasteiger partial charge on any atom is 0.355 e. The van der Waals surface area contributed by atoms with Crippen LogP contribution in [0.1, 0.15) is 10.6 Å². The van der Waals surface area contributed by atoms with E-state index in [1.54, 1.807) is 24.3 Å². The number of ether oxygens (including phenoxy) is 1. The fraction of sp³-hybridized carbons (Fsp3) is 0.0625. The first-order chi connectivity index (χ1) is 13.1. The molecule has 0 spiro atoms. The van der Waals surface area contributed by atoms with E-state index in [1.807, 2.05) is 0 Å². The highest BCUT2D eigenvalue weighted by Gasteiger charge is 2.24. The molecule has 11 nitrogen and oxygen atoms in total. The molecule has 0 saturated heterocycles. The number of aromatic nitrogens is 2. The molecule has 3 N–H and O–H groups in total. The molecule has 11 heteroatoms. The summed E-state index contributed by atoms with van der Waals surface area (Å²) in [6, 6.07) is 9.85. The molecule has 27 heavy (non-hydrogen) atoms. The van der Waals surface area contributed by atoms with Gasteiger partial charge in [-0.2, -0.15) is 0 Å². The van der Waals surface area contributed by atoms with Crippen molar-refractivity contribution >= 4 is 28.9 Å². The van der Waals surface area contributed by atoms with Gasteiger partial charge in [-0.15, -0.1) is 0 Å². The molecule has 138 valence electrons. The van der Waals surface area contributed by atoms with E-state index < -0.39 is 16.5 Å². The Morgan fingerprint density at radius 3 is 2.67 bits per heavy atom. The van der Waals surface area contributed by atoms with Crippen molar-refractivity contribution in [3.63, 3.8) is 0 Å². The highest BCUT2D eigenvalue weighted by molar-refractivity contribution is 5.92. The summed E-state index contributed by atoms with van der Waals surface area (Å²) in [6.07, 6.45) is 2.45. The third kappa shape index (κ3) is 3.92. The molecule has 0 unspecified atom stereocenters. The van der Waals surface area contributed by atoms with Gasteiger partial charge in [-0.05, 0) is 24.3 Å². The molecule has 0 aliphatic carbocycles. The van der Waals surface area contributed by atoms with Gasteiger partial charge in [0.1, 0.15) is 12.1 Å². The smallest absolute Gasteiger partial charge is 0.355 e. The summed E-state index contributed by atoms with van der Waals surface area (Å²) < 4.78 is 10.2. The van der Waals surface area contributed by atoms with Crippen LogP contribution in [0.2, 0.25) is 0 Å². The van der Waals surface area contributed by atoms with E-state index in [0.29, 0.717) is 11.4 Å². The Hall–Kier alpha value is -4.15. The average molecular weight is 370 g/mol. The van der Waals surface area contributed by atoms with Crippen LogP contribution in [0.3, 0.4) is 0 Å². The summed E-state index contributed by atoms with van der Waals surface area (Å²) in [5.41, 5.74) is 4.72. The van der Waals surface area contributed by atoms with Gasteiger partial charge < -0.3 is 14.5 Å². The number of rotatable bonds is 7. The third-order valence-electron chi connectivity index (χ3n) is 3.40. The number of nitrogens with zero attached hydrogens (tertiary/aromatic N) is 3. The summed E-state index contributed by atoms with van der Waals surface area (Å²) in [7, 11) is 1.48. The van der Waals surface area contributed by atoms with Crippen molar-refractivity contribution in [1.82, 2.24) is 15.4 Å². The number of hydrazine groups is 1. The summed E-state index contributed by atoms with van der Waals surface area (Å²) in [4.78, 5) is 30.5. The van der Waals surface area contributed by atoms with Crippen LogP contribution in [0.25, 0.3) is 0 Å². The van der Waals surface area contributed by atoms with Crippen LogP contribution in [0, 0.1) is 10.1 Å². The second-order valence-corrected chi connectivity index (χ2v) is 5.06. The standard InChI is InChI=1S/C16H14N6O5/c1-26-11-6-3-2-5-10(11)19-14-13(22(24)25)15(18-9-17-14)20-21-16(23)12-7-4-8-27-12/h2-9H,1H3,(H,21,23)(H2,17,18,19,20). The van der Waals surface area contributed by atoms with E-state index in [-0.39, 0.29) is 17.4 Å². The number of anilines is 3. The SMILES string of the molecule is COc1ccccc1Nc1ncnc(NNC(=O)c2ccco2)c1[N+](=O)[O-]. The Bertz CT molecular complexity index is 960. The average Bonchev–Trinajstić information content (AvgIpc) is 3.21. The zero-order valence-electron chi connectivity index (χ0n) is 14.0. The maximum absolute atomic E-state index is 11.9. The first kappa shape index (κ1) is 17.7. The Balaban J connectivity index is 1.86. The number of para-hydroxylation sites is 2. The number of benzene rings is 1. The molecule has 3 rings (SSSR count). The predicted octanol–water partition coefficient (Wildman–Crippen LogP) is 2.49. The Morgan fingerprint density at radius 1 is 1.19 bits per heavy atom. The summed E-state index contributed by atoms with van der Waals surface area (Å²) in [6.45, 7) is 0. The molecule has 0 aliphatic heterocycles. The molecule has 0 fully saturated rings. The van der Waals surface area contributed by atoms with Crippen LogP contribution < -0.4 is 20.9 Å². The topological polar surface area (TPSA) is 144 Å². The van der Waals surface area contributed by atoms with Gasteiger partial charge in [-0.25, -0.2) is 9.97 Å². The maximum atomic E-state index is 11.9. The van der Waals surface area contributed by atoms with Crippen LogP contribution in [0.15, 0.2) is 53.4 Å². The van der Waals surface area contributed by atoms with E-state index in [1.165, 1.54) is 25.5 Å². The van der Waals surface area contributed by atoms with E-state index in [0.717, 1.165) is 6.33 Å². The molecular formula is C16H14N6O5. The lowest BCUT2D eigenvalue weighted by Crippen LogP contribution is -2.30. The van der Waals surface area contributed by atoms with E-state index in [9.17, 15) is 14.9 Å². The Morgan fingerprint density at radius 2 is 1.96 bits per heavy atom. The molecule has 2 aromatic heterocycles. The Labute approximate surface area is 152 Å². The summed E-state index contributed by atoms with van der Waals surface area (Å²) in [5, 5.41) is 14.4. The minimum absolute atomic E-state index is 0.0339. The zero-order valence-corrected chi connectivity index (χ0v) is 14.0. The predicted molar refractivity (Wildman–Crippen MR) is 94.8 cm³/mol. The quantitative estimate of drug-likeness (QED) is 0.422. The second-order valence-electron chi connectivity index (χ2n) is 5.06. The fourth-order valence-electron chi connectivity index (χ4n) is 2.20. The van der Waals surface area contributed by atoms with Crippen LogP contribution in [-0.2, 0) is 0 Å². The lowest BCUT2D eigenvalue weighted by atomic mass is 10.3. The Kier molecular flexibility index (Phi) is 5.12. The highest BCUT2D eigenvalue weighted by Crippen LogP contribution is 2.33. The molecule has 3 aromatic rings. The van der Waals surface area contributed by atoms with Crippen LogP contribution in [0.5, 0.6) is 5.75 Å². The lowest BCUT2D eigenvalue weighted by Gasteiger charge is -2.12. The van der Waals surface area contributed by atoms with Crippen molar-refractivity contribution in [3.8, 4) is 5.75 Å². The highest BCUT2D eigenvalue weighted by atomic mass is 16.6. The minimum atomic E-state index is -0.668. The number of methoxy groups -OCH3 is 1. The molecule has 0 aliphatic rings. The number of furan rings is 1.